The molecule has 1 atom stereocenters. The van der Waals surface area contributed by atoms with Crippen molar-refractivity contribution >= 4 is 23.4 Å². The molecule has 21 heavy (non-hydrogen) atoms. The molecule has 0 radical (unpaired) electrons. The summed E-state index contributed by atoms with van der Waals surface area (Å²) in [7, 11) is 0. The van der Waals surface area contributed by atoms with Gasteiger partial charge in [-0.3, -0.25) is 4.79 Å². The van der Waals surface area contributed by atoms with Gasteiger partial charge < -0.3 is 9.73 Å². The fourth-order valence-corrected chi connectivity index (χ4v) is 2.87. The summed E-state index contributed by atoms with van der Waals surface area (Å²) in [6.07, 6.45) is 5.40. The van der Waals surface area contributed by atoms with Gasteiger partial charge in [-0.2, -0.15) is 0 Å². The molecule has 0 aliphatic heterocycles. The third-order valence-corrected chi connectivity index (χ3v) is 4.32. The Morgan fingerprint density at radius 2 is 2.24 bits per heavy atom. The van der Waals surface area contributed by atoms with Crippen molar-refractivity contribution in [3.63, 3.8) is 0 Å². The predicted molar refractivity (Wildman–Crippen MR) is 87.4 cm³/mol. The van der Waals surface area contributed by atoms with Crippen LogP contribution in [0.2, 0.25) is 0 Å². The van der Waals surface area contributed by atoms with Crippen LogP contribution in [-0.4, -0.2) is 21.9 Å². The second-order valence-electron chi connectivity index (χ2n) is 4.74. The molecular weight excluding hydrogens is 284 g/mol. The predicted octanol–water partition coefficient (Wildman–Crippen LogP) is 4.20. The van der Waals surface area contributed by atoms with Gasteiger partial charge in [-0.05, 0) is 31.2 Å². The highest BCUT2D eigenvalue weighted by molar-refractivity contribution is 8.00. The lowest BCUT2D eigenvalue weighted by molar-refractivity contribution is -0.115. The molecule has 1 amide bonds. The Balaban J connectivity index is 2.04. The Bertz CT molecular complexity index is 569. The first-order valence-electron chi connectivity index (χ1n) is 7.13. The van der Waals surface area contributed by atoms with E-state index in [-0.39, 0.29) is 11.2 Å². The number of hydrogen-bond donors (Lipinski definition) is 1. The van der Waals surface area contributed by atoms with Gasteiger partial charge in [0.2, 0.25) is 11.8 Å². The van der Waals surface area contributed by atoms with Gasteiger partial charge in [0, 0.05) is 0 Å². The zero-order valence-electron chi connectivity index (χ0n) is 12.3. The molecule has 0 fully saturated rings. The molecule has 1 aromatic carbocycles. The number of amides is 1. The van der Waals surface area contributed by atoms with Crippen LogP contribution in [0, 0.1) is 0 Å². The van der Waals surface area contributed by atoms with E-state index in [4.69, 9.17) is 4.42 Å². The standard InChI is InChI=1S/C16H20N2O2S/c1-3-4-11-21-12(2)15(19)18-14-8-6-5-7-13(14)16-17-9-10-20-16/h5-10,12H,3-4,11H2,1-2H3,(H,18,19). The number of nitrogens with zero attached hydrogens (tertiary/aromatic N) is 1. The molecule has 5 heteroatoms. The third kappa shape index (κ3) is 4.36. The van der Waals surface area contributed by atoms with Crippen LogP contribution in [0.3, 0.4) is 0 Å². The molecule has 0 spiro atoms. The van der Waals surface area contributed by atoms with E-state index in [0.717, 1.165) is 29.8 Å². The van der Waals surface area contributed by atoms with E-state index in [9.17, 15) is 4.79 Å². The van der Waals surface area contributed by atoms with Crippen LogP contribution in [0.15, 0.2) is 41.1 Å². The summed E-state index contributed by atoms with van der Waals surface area (Å²) < 4.78 is 5.31. The number of benzene rings is 1. The molecule has 1 unspecified atom stereocenters. The van der Waals surface area contributed by atoms with Crippen LogP contribution in [-0.2, 0) is 4.79 Å². The Kier molecular flexibility index (Phi) is 5.87. The molecule has 0 saturated carbocycles. The van der Waals surface area contributed by atoms with Crippen LogP contribution >= 0.6 is 11.8 Å². The maximum absolute atomic E-state index is 12.2. The number of rotatable bonds is 7. The Labute approximate surface area is 129 Å². The normalized spacial score (nSPS) is 12.1. The number of para-hydroxylation sites is 1. The molecule has 0 aliphatic carbocycles. The molecule has 2 rings (SSSR count). The quantitative estimate of drug-likeness (QED) is 0.779. The molecule has 4 nitrogen and oxygen atoms in total. The lowest BCUT2D eigenvalue weighted by Gasteiger charge is -2.13. The molecule has 1 aromatic heterocycles. The van der Waals surface area contributed by atoms with Crippen molar-refractivity contribution in [2.75, 3.05) is 11.1 Å². The Morgan fingerprint density at radius 3 is 2.95 bits per heavy atom. The van der Waals surface area contributed by atoms with Crippen molar-refractivity contribution in [1.82, 2.24) is 4.98 Å². The number of unbranched alkanes of at least 4 members (excludes halogenated alkanes) is 1. The zero-order chi connectivity index (χ0) is 15.1. The fourth-order valence-electron chi connectivity index (χ4n) is 1.85. The van der Waals surface area contributed by atoms with Crippen LogP contribution in [0.5, 0.6) is 0 Å². The second-order valence-corrected chi connectivity index (χ2v) is 6.19. The molecule has 0 aliphatic rings. The minimum Gasteiger partial charge on any atom is -0.444 e. The first-order valence-corrected chi connectivity index (χ1v) is 8.18. The van der Waals surface area contributed by atoms with E-state index in [1.807, 2.05) is 31.2 Å². The van der Waals surface area contributed by atoms with Crippen LogP contribution < -0.4 is 5.32 Å². The summed E-state index contributed by atoms with van der Waals surface area (Å²) >= 11 is 1.68. The van der Waals surface area contributed by atoms with Crippen molar-refractivity contribution in [2.24, 2.45) is 0 Å². The number of hydrogen-bond acceptors (Lipinski definition) is 4. The highest BCUT2D eigenvalue weighted by atomic mass is 32.2. The summed E-state index contributed by atoms with van der Waals surface area (Å²) in [5.74, 6) is 1.53. The summed E-state index contributed by atoms with van der Waals surface area (Å²) in [6.45, 7) is 4.08. The number of nitrogens with one attached hydrogen (secondary N) is 1. The van der Waals surface area contributed by atoms with Crippen LogP contribution in [0.25, 0.3) is 11.5 Å². The molecule has 1 heterocycles. The van der Waals surface area contributed by atoms with Crippen molar-refractivity contribution in [3.8, 4) is 11.5 Å². The van der Waals surface area contributed by atoms with Crippen molar-refractivity contribution < 1.29 is 9.21 Å². The minimum absolute atomic E-state index is 0.00936. The number of carbonyl (C=O) groups excluding carboxylic acids is 1. The van der Waals surface area contributed by atoms with Gasteiger partial charge in [-0.15, -0.1) is 11.8 Å². The fraction of sp³-hybridized carbons (Fsp3) is 0.375. The SMILES string of the molecule is CCCCSC(C)C(=O)Nc1ccccc1-c1ncco1. The van der Waals surface area contributed by atoms with E-state index in [0.29, 0.717) is 5.89 Å². The van der Waals surface area contributed by atoms with Crippen LogP contribution in [0.1, 0.15) is 26.7 Å². The molecule has 0 bridgehead atoms. The van der Waals surface area contributed by atoms with Gasteiger partial charge in [0.25, 0.3) is 0 Å². The topological polar surface area (TPSA) is 55.1 Å². The van der Waals surface area contributed by atoms with Gasteiger partial charge in [0.1, 0.15) is 6.26 Å². The maximum atomic E-state index is 12.2. The van der Waals surface area contributed by atoms with E-state index in [1.165, 1.54) is 6.26 Å². The van der Waals surface area contributed by atoms with Gasteiger partial charge in [0.15, 0.2) is 0 Å². The first-order chi connectivity index (χ1) is 10.2. The highest BCUT2D eigenvalue weighted by Gasteiger charge is 2.16. The van der Waals surface area contributed by atoms with Gasteiger partial charge in [-0.25, -0.2) is 4.98 Å². The molecule has 1 N–H and O–H groups in total. The average molecular weight is 304 g/mol. The van der Waals surface area contributed by atoms with E-state index < -0.39 is 0 Å². The summed E-state index contributed by atoms with van der Waals surface area (Å²) in [6, 6.07) is 7.53. The molecule has 112 valence electrons. The van der Waals surface area contributed by atoms with Crippen molar-refractivity contribution in [3.05, 3.63) is 36.7 Å². The largest absolute Gasteiger partial charge is 0.444 e. The second kappa shape index (κ2) is 7.88. The molecular formula is C16H20N2O2S. The average Bonchev–Trinajstić information content (AvgIpc) is 3.02. The number of anilines is 1. The molecule has 2 aromatic rings. The number of carbonyl (C=O) groups is 1. The van der Waals surface area contributed by atoms with Gasteiger partial charge in [0.05, 0.1) is 22.7 Å². The maximum Gasteiger partial charge on any atom is 0.237 e. The van der Waals surface area contributed by atoms with E-state index in [2.05, 4.69) is 17.2 Å². The van der Waals surface area contributed by atoms with Crippen LogP contribution in [0.4, 0.5) is 5.69 Å². The minimum atomic E-state index is -0.0748. The first kappa shape index (κ1) is 15.6. The summed E-state index contributed by atoms with van der Waals surface area (Å²) in [4.78, 5) is 16.4. The summed E-state index contributed by atoms with van der Waals surface area (Å²) in [5.41, 5.74) is 1.52. The smallest absolute Gasteiger partial charge is 0.237 e. The lowest BCUT2D eigenvalue weighted by Crippen LogP contribution is -2.23. The highest BCUT2D eigenvalue weighted by Crippen LogP contribution is 2.27. The molecule has 0 saturated heterocycles. The monoisotopic (exact) mass is 304 g/mol. The van der Waals surface area contributed by atoms with Crippen molar-refractivity contribution in [1.29, 1.82) is 0 Å². The Hall–Kier alpha value is -1.75. The van der Waals surface area contributed by atoms with E-state index >= 15 is 0 Å². The Morgan fingerprint density at radius 1 is 1.43 bits per heavy atom. The van der Waals surface area contributed by atoms with E-state index in [1.54, 1.807) is 18.0 Å². The summed E-state index contributed by atoms with van der Waals surface area (Å²) in [5, 5.41) is 2.89. The van der Waals surface area contributed by atoms with Gasteiger partial charge in [-0.1, -0.05) is 25.5 Å². The van der Waals surface area contributed by atoms with Gasteiger partial charge >= 0.3 is 0 Å². The van der Waals surface area contributed by atoms with Crippen molar-refractivity contribution in [2.45, 2.75) is 31.9 Å². The number of aromatic nitrogens is 1. The third-order valence-electron chi connectivity index (χ3n) is 3.08. The number of oxazole rings is 1. The lowest BCUT2D eigenvalue weighted by atomic mass is 10.1. The number of thioether (sulfide) groups is 1. The zero-order valence-corrected chi connectivity index (χ0v) is 13.2.